The molecule has 2 N–H and O–H groups in total. The highest BCUT2D eigenvalue weighted by atomic mass is 35.5. The molecule has 2 aliphatic carbocycles. The molecule has 0 aliphatic heterocycles. The van der Waals surface area contributed by atoms with Gasteiger partial charge >= 0.3 is 5.97 Å². The first-order valence-corrected chi connectivity index (χ1v) is 7.33. The van der Waals surface area contributed by atoms with Crippen LogP contribution >= 0.6 is 11.6 Å². The zero-order chi connectivity index (χ0) is 15.1. The Morgan fingerprint density at radius 2 is 1.90 bits per heavy atom. The van der Waals surface area contributed by atoms with Gasteiger partial charge in [0.1, 0.15) is 0 Å². The number of carboxylic acid groups (broad SMARTS) is 1. The fourth-order valence-corrected chi connectivity index (χ4v) is 3.73. The summed E-state index contributed by atoms with van der Waals surface area (Å²) in [6.07, 6.45) is 4.67. The Morgan fingerprint density at radius 1 is 1.24 bits per heavy atom. The molecule has 4 atom stereocenters. The summed E-state index contributed by atoms with van der Waals surface area (Å²) >= 11 is 5.90. The number of rotatable bonds is 3. The lowest BCUT2D eigenvalue weighted by Crippen LogP contribution is -2.36. The Morgan fingerprint density at radius 3 is 2.52 bits per heavy atom. The number of carbonyl (C=O) groups is 2. The Balaban J connectivity index is 1.82. The van der Waals surface area contributed by atoms with Crippen LogP contribution in [-0.2, 0) is 9.59 Å². The minimum atomic E-state index is -0.889. The first-order valence-electron chi connectivity index (χ1n) is 6.95. The monoisotopic (exact) mass is 305 g/mol. The number of benzene rings is 1. The minimum absolute atomic E-state index is 0.0189. The third kappa shape index (κ3) is 2.44. The van der Waals surface area contributed by atoms with Crippen LogP contribution in [0.25, 0.3) is 0 Å². The molecule has 4 unspecified atom stereocenters. The van der Waals surface area contributed by atoms with Crippen LogP contribution in [0.1, 0.15) is 12.0 Å². The van der Waals surface area contributed by atoms with Gasteiger partial charge in [-0.25, -0.2) is 0 Å². The second-order valence-corrected chi connectivity index (χ2v) is 6.22. The number of amides is 1. The van der Waals surface area contributed by atoms with E-state index in [2.05, 4.69) is 5.32 Å². The minimum Gasteiger partial charge on any atom is -0.481 e. The number of carbonyl (C=O) groups excluding carboxylic acids is 1. The number of nitrogens with one attached hydrogen (secondary N) is 1. The van der Waals surface area contributed by atoms with Crippen LogP contribution in [0.15, 0.2) is 30.4 Å². The fourth-order valence-electron chi connectivity index (χ4n) is 3.50. The van der Waals surface area contributed by atoms with Crippen LogP contribution in [0, 0.1) is 30.6 Å². The standard InChI is InChI=1S/C16H16ClNO3/c1-8-6-11(17)4-5-12(8)18-15(19)13-9-2-3-10(7-9)14(13)16(20)21/h2-6,9-10,13-14H,7H2,1H3,(H,18,19)(H,20,21). The molecular weight excluding hydrogens is 290 g/mol. The maximum Gasteiger partial charge on any atom is 0.307 e. The van der Waals surface area contributed by atoms with Gasteiger partial charge < -0.3 is 10.4 Å². The van der Waals surface area contributed by atoms with Gasteiger partial charge in [0.15, 0.2) is 0 Å². The number of halogens is 1. The van der Waals surface area contributed by atoms with E-state index in [1.54, 1.807) is 18.2 Å². The van der Waals surface area contributed by atoms with Crippen molar-refractivity contribution in [2.24, 2.45) is 23.7 Å². The van der Waals surface area contributed by atoms with Crippen molar-refractivity contribution in [3.8, 4) is 0 Å². The van der Waals surface area contributed by atoms with E-state index in [-0.39, 0.29) is 17.7 Å². The smallest absolute Gasteiger partial charge is 0.307 e. The summed E-state index contributed by atoms with van der Waals surface area (Å²) in [5, 5.41) is 12.8. The average molecular weight is 306 g/mol. The number of fused-ring (bicyclic) bond motifs is 2. The van der Waals surface area contributed by atoms with Crippen molar-refractivity contribution in [3.05, 3.63) is 40.9 Å². The summed E-state index contributed by atoms with van der Waals surface area (Å²) in [4.78, 5) is 24.0. The number of aliphatic carboxylic acids is 1. The van der Waals surface area contributed by atoms with E-state index in [0.717, 1.165) is 12.0 Å². The molecule has 0 radical (unpaired) electrons. The van der Waals surface area contributed by atoms with E-state index in [1.807, 2.05) is 19.1 Å². The summed E-state index contributed by atoms with van der Waals surface area (Å²) in [7, 11) is 0. The maximum absolute atomic E-state index is 12.5. The molecule has 21 heavy (non-hydrogen) atoms. The van der Waals surface area contributed by atoms with Gasteiger partial charge in [-0.05, 0) is 48.9 Å². The summed E-state index contributed by atoms with van der Waals surface area (Å²) in [6, 6.07) is 5.22. The first kappa shape index (κ1) is 14.1. The first-order chi connectivity index (χ1) is 9.97. The van der Waals surface area contributed by atoms with Gasteiger partial charge in [-0.15, -0.1) is 0 Å². The second-order valence-electron chi connectivity index (χ2n) is 5.79. The zero-order valence-corrected chi connectivity index (χ0v) is 12.3. The number of aryl methyl sites for hydroxylation is 1. The Kier molecular flexibility index (Phi) is 3.49. The van der Waals surface area contributed by atoms with Gasteiger partial charge in [-0.1, -0.05) is 23.8 Å². The SMILES string of the molecule is Cc1cc(Cl)ccc1NC(=O)C1C2C=CC(C2)C1C(=O)O. The predicted octanol–water partition coefficient (Wildman–Crippen LogP) is 3.11. The summed E-state index contributed by atoms with van der Waals surface area (Å²) in [5.41, 5.74) is 1.54. The number of allylic oxidation sites excluding steroid dienone is 2. The van der Waals surface area contributed by atoms with E-state index in [1.165, 1.54) is 0 Å². The topological polar surface area (TPSA) is 66.4 Å². The molecule has 1 fully saturated rings. The van der Waals surface area contributed by atoms with Crippen molar-refractivity contribution < 1.29 is 14.7 Å². The molecule has 2 aliphatic rings. The van der Waals surface area contributed by atoms with Gasteiger partial charge in [-0.3, -0.25) is 9.59 Å². The van der Waals surface area contributed by atoms with Crippen molar-refractivity contribution in [3.63, 3.8) is 0 Å². The van der Waals surface area contributed by atoms with Crippen molar-refractivity contribution in [1.29, 1.82) is 0 Å². The van der Waals surface area contributed by atoms with Gasteiger partial charge in [-0.2, -0.15) is 0 Å². The number of hydrogen-bond donors (Lipinski definition) is 2. The molecule has 0 heterocycles. The lowest BCUT2D eigenvalue weighted by Gasteiger charge is -2.24. The van der Waals surface area contributed by atoms with Gasteiger partial charge in [0.05, 0.1) is 11.8 Å². The van der Waals surface area contributed by atoms with Crippen LogP contribution < -0.4 is 5.32 Å². The molecule has 3 rings (SSSR count). The molecule has 1 aromatic rings. The molecule has 0 aromatic heterocycles. The lowest BCUT2D eigenvalue weighted by molar-refractivity contribution is -0.146. The van der Waals surface area contributed by atoms with Crippen molar-refractivity contribution >= 4 is 29.2 Å². The van der Waals surface area contributed by atoms with Crippen LogP contribution in [-0.4, -0.2) is 17.0 Å². The second kappa shape index (κ2) is 5.19. The van der Waals surface area contributed by atoms with E-state index in [9.17, 15) is 14.7 Å². The summed E-state index contributed by atoms with van der Waals surface area (Å²) in [6.45, 7) is 1.86. The van der Waals surface area contributed by atoms with Gasteiger partial charge in [0.25, 0.3) is 0 Å². The van der Waals surface area contributed by atoms with Crippen LogP contribution in [0.4, 0.5) is 5.69 Å². The van der Waals surface area contributed by atoms with Gasteiger partial charge in [0, 0.05) is 10.7 Å². The molecule has 0 spiro atoms. The van der Waals surface area contributed by atoms with E-state index in [4.69, 9.17) is 11.6 Å². The molecule has 1 aromatic carbocycles. The molecule has 1 saturated carbocycles. The van der Waals surface area contributed by atoms with E-state index >= 15 is 0 Å². The number of carboxylic acids is 1. The van der Waals surface area contributed by atoms with E-state index < -0.39 is 17.8 Å². The third-order valence-corrected chi connectivity index (χ3v) is 4.73. The van der Waals surface area contributed by atoms with Crippen LogP contribution in [0.2, 0.25) is 5.02 Å². The molecule has 1 amide bonds. The molecule has 2 bridgehead atoms. The third-order valence-electron chi connectivity index (χ3n) is 4.49. The zero-order valence-electron chi connectivity index (χ0n) is 11.5. The summed E-state index contributed by atoms with van der Waals surface area (Å²) < 4.78 is 0. The molecule has 5 heteroatoms. The molecule has 4 nitrogen and oxygen atoms in total. The highest BCUT2D eigenvalue weighted by molar-refractivity contribution is 6.30. The molecule has 0 saturated heterocycles. The predicted molar refractivity (Wildman–Crippen MR) is 80.2 cm³/mol. The number of anilines is 1. The van der Waals surface area contributed by atoms with Crippen LogP contribution in [0.5, 0.6) is 0 Å². The Bertz CT molecular complexity index is 640. The van der Waals surface area contributed by atoms with Gasteiger partial charge in [0.2, 0.25) is 5.91 Å². The average Bonchev–Trinajstić information content (AvgIpc) is 3.02. The van der Waals surface area contributed by atoms with E-state index in [0.29, 0.717) is 10.7 Å². The Hall–Kier alpha value is -1.81. The van der Waals surface area contributed by atoms with Crippen LogP contribution in [0.3, 0.4) is 0 Å². The van der Waals surface area contributed by atoms with Crippen molar-refractivity contribution in [2.75, 3.05) is 5.32 Å². The summed E-state index contributed by atoms with van der Waals surface area (Å²) in [5.74, 6) is -2.21. The normalized spacial score (nSPS) is 29.6. The fraction of sp³-hybridized carbons (Fsp3) is 0.375. The maximum atomic E-state index is 12.5. The van der Waals surface area contributed by atoms with Crippen molar-refractivity contribution in [1.82, 2.24) is 0 Å². The molecular formula is C16H16ClNO3. The quantitative estimate of drug-likeness (QED) is 0.843. The largest absolute Gasteiger partial charge is 0.481 e. The Labute approximate surface area is 127 Å². The van der Waals surface area contributed by atoms with Crippen molar-refractivity contribution in [2.45, 2.75) is 13.3 Å². The number of hydrogen-bond acceptors (Lipinski definition) is 2. The highest BCUT2D eigenvalue weighted by Crippen LogP contribution is 2.48. The lowest BCUT2D eigenvalue weighted by atomic mass is 9.82. The highest BCUT2D eigenvalue weighted by Gasteiger charge is 2.51. The molecule has 110 valence electrons.